The fourth-order valence-electron chi connectivity index (χ4n) is 4.23. The second-order valence-electron chi connectivity index (χ2n) is 8.76. The lowest BCUT2D eigenvalue weighted by Gasteiger charge is -2.38. The standard InChI is InChI=1S/C24H22F5N5O3S/c1-14-3-2-4-21(34(14)38(36,37)18-7-5-17(25)6-8-18)22(35)31-10-15-9-20(30-13-19(15)26)16-11-32-23(33-12-16)24(27,28)29/h5-9,11-14,21H,2-4,10H2,1H3,(H,31,35)/t14-,21-/m0/s1. The van der Waals surface area contributed by atoms with Gasteiger partial charge in [0, 0.05) is 36.1 Å². The van der Waals surface area contributed by atoms with Crippen LogP contribution in [0.1, 0.15) is 37.6 Å². The third kappa shape index (κ3) is 5.80. The minimum absolute atomic E-state index is 0.0277. The molecular formula is C24H22F5N5O3S. The van der Waals surface area contributed by atoms with Gasteiger partial charge in [0.1, 0.15) is 17.7 Å². The fourth-order valence-corrected chi connectivity index (χ4v) is 6.07. The fraction of sp³-hybridized carbons (Fsp3) is 0.333. The molecule has 14 heteroatoms. The van der Waals surface area contributed by atoms with E-state index in [1.165, 1.54) is 6.07 Å². The smallest absolute Gasteiger partial charge is 0.351 e. The molecule has 4 rings (SSSR count). The summed E-state index contributed by atoms with van der Waals surface area (Å²) in [6.07, 6.45) is -0.747. The van der Waals surface area contributed by atoms with Gasteiger partial charge in [-0.25, -0.2) is 27.2 Å². The minimum atomic E-state index is -4.72. The Morgan fingerprint density at radius 2 is 1.71 bits per heavy atom. The Balaban J connectivity index is 1.53. The molecule has 0 unspecified atom stereocenters. The molecule has 2 atom stereocenters. The number of benzene rings is 1. The summed E-state index contributed by atoms with van der Waals surface area (Å²) in [5, 5.41) is 2.55. The number of amides is 1. The largest absolute Gasteiger partial charge is 0.451 e. The van der Waals surface area contributed by atoms with E-state index in [2.05, 4.69) is 20.3 Å². The molecule has 1 aliphatic heterocycles. The van der Waals surface area contributed by atoms with E-state index in [9.17, 15) is 35.2 Å². The number of sulfonamides is 1. The summed E-state index contributed by atoms with van der Waals surface area (Å²) < 4.78 is 93.7. The van der Waals surface area contributed by atoms with Crippen LogP contribution in [0.5, 0.6) is 0 Å². The maximum absolute atomic E-state index is 14.4. The van der Waals surface area contributed by atoms with Gasteiger partial charge in [-0.1, -0.05) is 0 Å². The van der Waals surface area contributed by atoms with Crippen molar-refractivity contribution in [2.75, 3.05) is 0 Å². The van der Waals surface area contributed by atoms with E-state index in [4.69, 9.17) is 0 Å². The molecule has 1 aliphatic rings. The molecule has 1 saturated heterocycles. The van der Waals surface area contributed by atoms with E-state index in [0.29, 0.717) is 12.8 Å². The van der Waals surface area contributed by atoms with Gasteiger partial charge in [-0.05, 0) is 56.5 Å². The summed E-state index contributed by atoms with van der Waals surface area (Å²) in [7, 11) is -4.14. The summed E-state index contributed by atoms with van der Waals surface area (Å²) in [5.74, 6) is -3.38. The number of halogens is 5. The van der Waals surface area contributed by atoms with Crippen molar-refractivity contribution in [3.63, 3.8) is 0 Å². The van der Waals surface area contributed by atoms with Crippen molar-refractivity contribution < 1.29 is 35.2 Å². The van der Waals surface area contributed by atoms with Crippen LogP contribution in [0.4, 0.5) is 22.0 Å². The number of pyridine rings is 1. The van der Waals surface area contributed by atoms with Gasteiger partial charge in [-0.2, -0.15) is 17.5 Å². The number of rotatable bonds is 6. The predicted molar refractivity (Wildman–Crippen MR) is 125 cm³/mol. The van der Waals surface area contributed by atoms with Crippen LogP contribution in [-0.2, 0) is 27.5 Å². The van der Waals surface area contributed by atoms with Gasteiger partial charge >= 0.3 is 6.18 Å². The number of aromatic nitrogens is 3. The van der Waals surface area contributed by atoms with Gasteiger partial charge in [0.05, 0.1) is 16.8 Å². The average Bonchev–Trinajstić information content (AvgIpc) is 2.87. The molecule has 3 heterocycles. The van der Waals surface area contributed by atoms with E-state index in [0.717, 1.165) is 47.2 Å². The lowest BCUT2D eigenvalue weighted by atomic mass is 9.99. The Morgan fingerprint density at radius 1 is 1.05 bits per heavy atom. The highest BCUT2D eigenvalue weighted by atomic mass is 32.2. The highest BCUT2D eigenvalue weighted by molar-refractivity contribution is 7.89. The topological polar surface area (TPSA) is 105 Å². The molecule has 1 aromatic carbocycles. The second kappa shape index (κ2) is 10.7. The van der Waals surface area contributed by atoms with Crippen LogP contribution in [-0.4, -0.2) is 45.7 Å². The molecule has 0 saturated carbocycles. The molecule has 0 radical (unpaired) electrons. The maximum Gasteiger partial charge on any atom is 0.451 e. The van der Waals surface area contributed by atoms with E-state index in [-0.39, 0.29) is 34.7 Å². The van der Waals surface area contributed by atoms with E-state index >= 15 is 0 Å². The minimum Gasteiger partial charge on any atom is -0.351 e. The lowest BCUT2D eigenvalue weighted by Crippen LogP contribution is -2.55. The molecule has 1 amide bonds. The highest BCUT2D eigenvalue weighted by Gasteiger charge is 2.41. The number of nitrogens with zero attached hydrogens (tertiary/aromatic N) is 4. The maximum atomic E-state index is 14.4. The quantitative estimate of drug-likeness (QED) is 0.460. The van der Waals surface area contributed by atoms with Crippen LogP contribution >= 0.6 is 0 Å². The summed E-state index contributed by atoms with van der Waals surface area (Å²) in [4.78, 5) is 23.3. The first-order valence-corrected chi connectivity index (χ1v) is 12.9. The van der Waals surface area contributed by atoms with Crippen LogP contribution in [0.3, 0.4) is 0 Å². The predicted octanol–water partition coefficient (Wildman–Crippen LogP) is 4.08. The number of hydrogen-bond donors (Lipinski definition) is 1. The number of carbonyl (C=O) groups excluding carboxylic acids is 1. The normalized spacial score (nSPS) is 18.8. The second-order valence-corrected chi connectivity index (χ2v) is 10.6. The molecule has 0 spiro atoms. The van der Waals surface area contributed by atoms with Crippen molar-refractivity contribution in [2.45, 2.75) is 55.9 Å². The number of hydrogen-bond acceptors (Lipinski definition) is 6. The van der Waals surface area contributed by atoms with Crippen molar-refractivity contribution in [1.82, 2.24) is 24.6 Å². The zero-order valence-electron chi connectivity index (χ0n) is 19.9. The van der Waals surface area contributed by atoms with Gasteiger partial charge in [-0.15, -0.1) is 0 Å². The Kier molecular flexibility index (Phi) is 7.74. The monoisotopic (exact) mass is 555 g/mol. The molecule has 0 aliphatic carbocycles. The van der Waals surface area contributed by atoms with Gasteiger partial charge < -0.3 is 5.32 Å². The van der Waals surface area contributed by atoms with Crippen molar-refractivity contribution in [2.24, 2.45) is 0 Å². The molecule has 202 valence electrons. The molecular weight excluding hydrogens is 533 g/mol. The van der Waals surface area contributed by atoms with Crippen molar-refractivity contribution >= 4 is 15.9 Å². The van der Waals surface area contributed by atoms with Crippen LogP contribution in [0, 0.1) is 11.6 Å². The molecule has 2 aromatic heterocycles. The molecule has 0 bridgehead atoms. The molecule has 3 aromatic rings. The third-order valence-corrected chi connectivity index (χ3v) is 8.16. The molecule has 38 heavy (non-hydrogen) atoms. The number of piperidine rings is 1. The summed E-state index contributed by atoms with van der Waals surface area (Å²) >= 11 is 0. The Hall–Kier alpha value is -3.52. The zero-order valence-corrected chi connectivity index (χ0v) is 20.7. The number of nitrogens with one attached hydrogen (secondary N) is 1. The van der Waals surface area contributed by atoms with Gasteiger partial charge in [0.15, 0.2) is 0 Å². The number of alkyl halides is 3. The summed E-state index contributed by atoms with van der Waals surface area (Å²) in [5.41, 5.74) is 0.152. The molecule has 1 fully saturated rings. The van der Waals surface area contributed by atoms with Crippen LogP contribution in [0.15, 0.2) is 53.8 Å². The Morgan fingerprint density at radius 3 is 2.34 bits per heavy atom. The van der Waals surface area contributed by atoms with Crippen molar-refractivity contribution in [1.29, 1.82) is 0 Å². The van der Waals surface area contributed by atoms with Gasteiger partial charge in [0.2, 0.25) is 21.8 Å². The van der Waals surface area contributed by atoms with E-state index < -0.39 is 51.6 Å². The Labute approximate surface area is 215 Å². The van der Waals surface area contributed by atoms with Crippen LogP contribution in [0.2, 0.25) is 0 Å². The first-order valence-electron chi connectivity index (χ1n) is 11.5. The van der Waals surface area contributed by atoms with Crippen molar-refractivity contribution in [3.8, 4) is 11.3 Å². The van der Waals surface area contributed by atoms with Crippen molar-refractivity contribution in [3.05, 3.63) is 71.9 Å². The highest BCUT2D eigenvalue weighted by Crippen LogP contribution is 2.30. The van der Waals surface area contributed by atoms with E-state index in [1.54, 1.807) is 6.92 Å². The molecule has 8 nitrogen and oxygen atoms in total. The summed E-state index contributed by atoms with van der Waals surface area (Å²) in [6, 6.07) is 3.92. The van der Waals surface area contributed by atoms with Gasteiger partial charge in [-0.3, -0.25) is 9.78 Å². The first-order chi connectivity index (χ1) is 17.9. The van der Waals surface area contributed by atoms with E-state index in [1.807, 2.05) is 0 Å². The average molecular weight is 556 g/mol. The zero-order chi connectivity index (χ0) is 27.7. The van der Waals surface area contributed by atoms with Crippen LogP contribution < -0.4 is 5.32 Å². The third-order valence-electron chi connectivity index (χ3n) is 6.12. The molecule has 1 N–H and O–H groups in total. The lowest BCUT2D eigenvalue weighted by molar-refractivity contribution is -0.145. The SMILES string of the molecule is C[C@H]1CCC[C@@H](C(=O)NCc2cc(-c3cnc(C(F)(F)F)nc3)ncc2F)N1S(=O)(=O)c1ccc(F)cc1. The first kappa shape index (κ1) is 27.5. The van der Waals surface area contributed by atoms with Crippen LogP contribution in [0.25, 0.3) is 11.3 Å². The summed E-state index contributed by atoms with van der Waals surface area (Å²) in [6.45, 7) is 1.33. The van der Waals surface area contributed by atoms with Gasteiger partial charge in [0.25, 0.3) is 0 Å². The Bertz CT molecular complexity index is 1420. The number of carbonyl (C=O) groups is 1.